The molecule has 1 amide bonds. The van der Waals surface area contributed by atoms with E-state index in [4.69, 9.17) is 9.47 Å². The molecule has 0 bridgehead atoms. The van der Waals surface area contributed by atoms with Crippen molar-refractivity contribution >= 4 is 12.1 Å². The first kappa shape index (κ1) is 16.8. The Balaban J connectivity index is 2.81. The Bertz CT molecular complexity index is 380. The van der Waals surface area contributed by atoms with Crippen molar-refractivity contribution in [3.05, 3.63) is 0 Å². The zero-order valence-electron chi connectivity index (χ0n) is 13.1. The van der Waals surface area contributed by atoms with Crippen LogP contribution in [0.25, 0.3) is 0 Å². The van der Waals surface area contributed by atoms with E-state index < -0.39 is 35.4 Å². The average molecular weight is 287 g/mol. The second-order valence-corrected chi connectivity index (χ2v) is 7.01. The molecule has 1 aliphatic heterocycles. The van der Waals surface area contributed by atoms with Crippen molar-refractivity contribution in [2.24, 2.45) is 0 Å². The largest absolute Gasteiger partial charge is 0.458 e. The number of aliphatic hydroxyl groups excluding tert-OH is 1. The number of nitrogens with zero attached hydrogens (tertiary/aromatic N) is 1. The molecule has 0 spiro atoms. The fourth-order valence-electron chi connectivity index (χ4n) is 1.95. The van der Waals surface area contributed by atoms with Crippen LogP contribution in [-0.4, -0.2) is 52.0 Å². The molecule has 0 aromatic rings. The summed E-state index contributed by atoms with van der Waals surface area (Å²) in [5.74, 6) is -0.603. The third-order valence-electron chi connectivity index (χ3n) is 2.64. The van der Waals surface area contributed by atoms with Crippen LogP contribution in [0.15, 0.2) is 0 Å². The van der Waals surface area contributed by atoms with Gasteiger partial charge >= 0.3 is 12.1 Å². The SMILES string of the molecule is CC(C)(C)OC(=O)[C@@H]1C(O)CCN1C(=O)OC(C)(C)C. The van der Waals surface area contributed by atoms with Crippen LogP contribution in [0.2, 0.25) is 0 Å². The quantitative estimate of drug-likeness (QED) is 0.743. The van der Waals surface area contributed by atoms with Gasteiger partial charge in [0.05, 0.1) is 6.10 Å². The lowest BCUT2D eigenvalue weighted by Crippen LogP contribution is -2.49. The first-order valence-electron chi connectivity index (χ1n) is 6.81. The summed E-state index contributed by atoms with van der Waals surface area (Å²) in [6.45, 7) is 10.7. The summed E-state index contributed by atoms with van der Waals surface area (Å²) in [5, 5.41) is 9.92. The predicted molar refractivity (Wildman–Crippen MR) is 73.2 cm³/mol. The number of ether oxygens (including phenoxy) is 2. The van der Waals surface area contributed by atoms with Gasteiger partial charge in [-0.05, 0) is 48.0 Å². The third-order valence-corrected chi connectivity index (χ3v) is 2.64. The first-order valence-corrected chi connectivity index (χ1v) is 6.81. The molecule has 0 radical (unpaired) electrons. The summed E-state index contributed by atoms with van der Waals surface area (Å²) >= 11 is 0. The number of amides is 1. The molecule has 0 aromatic heterocycles. The van der Waals surface area contributed by atoms with E-state index in [9.17, 15) is 14.7 Å². The highest BCUT2D eigenvalue weighted by Gasteiger charge is 2.44. The fraction of sp³-hybridized carbons (Fsp3) is 0.857. The minimum absolute atomic E-state index is 0.278. The van der Waals surface area contributed by atoms with Gasteiger partial charge in [-0.2, -0.15) is 0 Å². The molecule has 20 heavy (non-hydrogen) atoms. The Morgan fingerprint density at radius 2 is 1.55 bits per heavy atom. The van der Waals surface area contributed by atoms with Crippen molar-refractivity contribution in [2.75, 3.05) is 6.54 Å². The lowest BCUT2D eigenvalue weighted by molar-refractivity contribution is -0.162. The normalized spacial score (nSPS) is 23.6. The van der Waals surface area contributed by atoms with E-state index in [-0.39, 0.29) is 6.54 Å². The van der Waals surface area contributed by atoms with Crippen LogP contribution in [-0.2, 0) is 14.3 Å². The van der Waals surface area contributed by atoms with Crippen LogP contribution in [0.3, 0.4) is 0 Å². The zero-order valence-corrected chi connectivity index (χ0v) is 13.1. The number of rotatable bonds is 1. The van der Waals surface area contributed by atoms with Gasteiger partial charge in [0.1, 0.15) is 11.2 Å². The number of hydrogen-bond donors (Lipinski definition) is 1. The summed E-state index contributed by atoms with van der Waals surface area (Å²) in [5.41, 5.74) is -1.32. The number of carbonyl (C=O) groups excluding carboxylic acids is 2. The van der Waals surface area contributed by atoms with E-state index in [1.165, 1.54) is 4.90 Å². The van der Waals surface area contributed by atoms with Crippen LogP contribution in [0.1, 0.15) is 48.0 Å². The molecule has 1 heterocycles. The highest BCUT2D eigenvalue weighted by Crippen LogP contribution is 2.24. The number of hydrogen-bond acceptors (Lipinski definition) is 5. The van der Waals surface area contributed by atoms with Gasteiger partial charge in [0.15, 0.2) is 6.04 Å². The molecule has 1 fully saturated rings. The van der Waals surface area contributed by atoms with Crippen molar-refractivity contribution in [1.82, 2.24) is 4.90 Å². The maximum absolute atomic E-state index is 12.1. The third kappa shape index (κ3) is 4.67. The molecular weight excluding hydrogens is 262 g/mol. The smallest absolute Gasteiger partial charge is 0.411 e. The van der Waals surface area contributed by atoms with Gasteiger partial charge in [-0.15, -0.1) is 0 Å². The van der Waals surface area contributed by atoms with Crippen molar-refractivity contribution in [2.45, 2.75) is 71.3 Å². The van der Waals surface area contributed by atoms with Gasteiger partial charge in [0.25, 0.3) is 0 Å². The molecule has 1 aliphatic rings. The molecular formula is C14H25NO5. The Morgan fingerprint density at radius 1 is 1.05 bits per heavy atom. The van der Waals surface area contributed by atoms with Gasteiger partial charge in [-0.1, -0.05) is 0 Å². The van der Waals surface area contributed by atoms with Crippen LogP contribution in [0, 0.1) is 0 Å². The maximum atomic E-state index is 12.1. The van der Waals surface area contributed by atoms with E-state index in [2.05, 4.69) is 0 Å². The van der Waals surface area contributed by atoms with Crippen molar-refractivity contribution < 1.29 is 24.2 Å². The number of likely N-dealkylation sites (tertiary alicyclic amines) is 1. The van der Waals surface area contributed by atoms with Crippen molar-refractivity contribution in [3.63, 3.8) is 0 Å². The van der Waals surface area contributed by atoms with E-state index in [0.29, 0.717) is 6.42 Å². The fourth-order valence-corrected chi connectivity index (χ4v) is 1.95. The lowest BCUT2D eigenvalue weighted by Gasteiger charge is -2.30. The summed E-state index contributed by atoms with van der Waals surface area (Å²) in [6.07, 6.45) is -1.19. The average Bonchev–Trinajstić information content (AvgIpc) is 2.54. The minimum Gasteiger partial charge on any atom is -0.458 e. The van der Waals surface area contributed by atoms with Gasteiger partial charge < -0.3 is 14.6 Å². The summed E-state index contributed by atoms with van der Waals surface area (Å²) in [4.78, 5) is 25.4. The van der Waals surface area contributed by atoms with Crippen molar-refractivity contribution in [3.8, 4) is 0 Å². The lowest BCUT2D eigenvalue weighted by atomic mass is 10.1. The van der Waals surface area contributed by atoms with Gasteiger partial charge in [-0.3, -0.25) is 4.90 Å². The van der Waals surface area contributed by atoms with Crippen LogP contribution in [0.4, 0.5) is 4.79 Å². The van der Waals surface area contributed by atoms with E-state index in [0.717, 1.165) is 0 Å². The second-order valence-electron chi connectivity index (χ2n) is 7.01. The Kier molecular flexibility index (Phi) is 4.69. The molecule has 1 N–H and O–H groups in total. The monoisotopic (exact) mass is 287 g/mol. The molecule has 1 unspecified atom stereocenters. The van der Waals surface area contributed by atoms with Crippen LogP contribution in [0.5, 0.6) is 0 Å². The molecule has 6 nitrogen and oxygen atoms in total. The van der Waals surface area contributed by atoms with Crippen LogP contribution >= 0.6 is 0 Å². The van der Waals surface area contributed by atoms with Gasteiger partial charge in [-0.25, -0.2) is 9.59 Å². The number of aliphatic hydroxyl groups is 1. The number of esters is 1. The van der Waals surface area contributed by atoms with E-state index >= 15 is 0 Å². The Morgan fingerprint density at radius 3 is 2.00 bits per heavy atom. The van der Waals surface area contributed by atoms with Gasteiger partial charge in [0, 0.05) is 6.54 Å². The summed E-state index contributed by atoms with van der Waals surface area (Å²) in [6, 6.07) is -0.996. The molecule has 0 aromatic carbocycles. The molecule has 0 aliphatic carbocycles. The van der Waals surface area contributed by atoms with E-state index in [1.807, 2.05) is 0 Å². The zero-order chi connectivity index (χ0) is 15.7. The van der Waals surface area contributed by atoms with Crippen LogP contribution < -0.4 is 0 Å². The minimum atomic E-state index is -0.996. The maximum Gasteiger partial charge on any atom is 0.411 e. The molecule has 1 saturated heterocycles. The molecule has 2 atom stereocenters. The molecule has 6 heteroatoms. The summed E-state index contributed by atoms with van der Waals surface area (Å²) < 4.78 is 10.5. The molecule has 0 saturated carbocycles. The predicted octanol–water partition coefficient (Wildman–Crippen LogP) is 1.70. The standard InChI is InChI=1S/C14H25NO5/c1-13(2,3)19-11(17)10-9(16)7-8-15(10)12(18)20-14(4,5)6/h9-10,16H,7-8H2,1-6H3/t9?,10-/m0/s1. The first-order chi connectivity index (χ1) is 8.91. The highest BCUT2D eigenvalue weighted by molar-refractivity contribution is 5.83. The molecule has 116 valence electrons. The molecule has 1 rings (SSSR count). The highest BCUT2D eigenvalue weighted by atomic mass is 16.6. The van der Waals surface area contributed by atoms with Gasteiger partial charge in [0.2, 0.25) is 0 Å². The summed E-state index contributed by atoms with van der Waals surface area (Å²) in [7, 11) is 0. The topological polar surface area (TPSA) is 76.1 Å². The second kappa shape index (κ2) is 5.60. The Labute approximate surface area is 120 Å². The number of carbonyl (C=O) groups is 2. The van der Waals surface area contributed by atoms with Crippen molar-refractivity contribution in [1.29, 1.82) is 0 Å². The van der Waals surface area contributed by atoms with E-state index in [1.54, 1.807) is 41.5 Å². The Hall–Kier alpha value is -1.30.